The van der Waals surface area contributed by atoms with Gasteiger partial charge in [-0.15, -0.1) is 0 Å². The molecule has 0 saturated heterocycles. The molecule has 1 heterocycles. The number of aryl methyl sites for hydroxylation is 2. The van der Waals surface area contributed by atoms with E-state index >= 15 is 0 Å². The predicted molar refractivity (Wildman–Crippen MR) is 90.2 cm³/mol. The zero-order valence-electron chi connectivity index (χ0n) is 12.3. The number of aromatic nitrogens is 2. The van der Waals surface area contributed by atoms with Crippen LogP contribution in [0.1, 0.15) is 23.9 Å². The van der Waals surface area contributed by atoms with Gasteiger partial charge in [-0.1, -0.05) is 28.1 Å². The Hall–Kier alpha value is -1.01. The van der Waals surface area contributed by atoms with Gasteiger partial charge >= 0.3 is 0 Å². The standard InChI is InChI=1S/C15H18Br2N2O2/c1-4-20-13-7-5-6-11(8-16)15(13)21-9-12-14(17)10(2)18-19(12)3/h5-7H,4,8-9H2,1-3H3. The van der Waals surface area contributed by atoms with E-state index in [9.17, 15) is 0 Å². The van der Waals surface area contributed by atoms with Crippen LogP contribution in [0.15, 0.2) is 22.7 Å². The second kappa shape index (κ2) is 7.31. The van der Waals surface area contributed by atoms with Gasteiger partial charge in [-0.25, -0.2) is 0 Å². The first kappa shape index (κ1) is 16.4. The molecule has 1 aromatic carbocycles. The van der Waals surface area contributed by atoms with E-state index in [1.807, 2.05) is 43.8 Å². The first-order valence-corrected chi connectivity index (χ1v) is 8.61. The molecular formula is C15H18Br2N2O2. The number of para-hydroxylation sites is 1. The second-order valence-electron chi connectivity index (χ2n) is 4.57. The van der Waals surface area contributed by atoms with Crippen LogP contribution in [0.25, 0.3) is 0 Å². The van der Waals surface area contributed by atoms with E-state index in [2.05, 4.69) is 37.0 Å². The fourth-order valence-electron chi connectivity index (χ4n) is 2.08. The van der Waals surface area contributed by atoms with Crippen molar-refractivity contribution in [3.8, 4) is 11.5 Å². The fourth-order valence-corrected chi connectivity index (χ4v) is 2.97. The SMILES string of the molecule is CCOc1cccc(CBr)c1OCc1c(Br)c(C)nn1C. The Balaban J connectivity index is 2.26. The maximum atomic E-state index is 6.03. The van der Waals surface area contributed by atoms with E-state index in [0.717, 1.165) is 38.3 Å². The molecule has 0 fully saturated rings. The summed E-state index contributed by atoms with van der Waals surface area (Å²) in [5, 5.41) is 5.09. The van der Waals surface area contributed by atoms with Crippen molar-refractivity contribution in [3.05, 3.63) is 39.6 Å². The number of hydrogen-bond donors (Lipinski definition) is 0. The lowest BCUT2D eigenvalue weighted by molar-refractivity contribution is 0.260. The van der Waals surface area contributed by atoms with Crippen molar-refractivity contribution in [1.82, 2.24) is 9.78 Å². The van der Waals surface area contributed by atoms with Gasteiger partial charge < -0.3 is 9.47 Å². The second-order valence-corrected chi connectivity index (χ2v) is 5.92. The Kier molecular flexibility index (Phi) is 5.70. The average Bonchev–Trinajstić information content (AvgIpc) is 2.71. The highest BCUT2D eigenvalue weighted by Crippen LogP contribution is 2.34. The van der Waals surface area contributed by atoms with E-state index in [1.165, 1.54) is 0 Å². The molecule has 6 heteroatoms. The van der Waals surface area contributed by atoms with Crippen LogP contribution in [-0.2, 0) is 19.0 Å². The molecule has 4 nitrogen and oxygen atoms in total. The molecule has 0 saturated carbocycles. The zero-order chi connectivity index (χ0) is 15.4. The summed E-state index contributed by atoms with van der Waals surface area (Å²) < 4.78 is 14.5. The molecule has 0 aliphatic heterocycles. The molecule has 0 aliphatic rings. The summed E-state index contributed by atoms with van der Waals surface area (Å²) in [4.78, 5) is 0. The number of rotatable bonds is 6. The summed E-state index contributed by atoms with van der Waals surface area (Å²) in [5.74, 6) is 1.55. The van der Waals surface area contributed by atoms with Crippen molar-refractivity contribution in [2.75, 3.05) is 6.61 Å². The van der Waals surface area contributed by atoms with Gasteiger partial charge in [-0.2, -0.15) is 5.10 Å². The van der Waals surface area contributed by atoms with Crippen LogP contribution in [0.2, 0.25) is 0 Å². The zero-order valence-corrected chi connectivity index (χ0v) is 15.5. The minimum absolute atomic E-state index is 0.433. The van der Waals surface area contributed by atoms with E-state index < -0.39 is 0 Å². The monoisotopic (exact) mass is 416 g/mol. The highest BCUT2D eigenvalue weighted by atomic mass is 79.9. The third-order valence-corrected chi connectivity index (χ3v) is 4.75. The van der Waals surface area contributed by atoms with Gasteiger partial charge in [0, 0.05) is 17.9 Å². The summed E-state index contributed by atoms with van der Waals surface area (Å²) in [7, 11) is 1.91. The smallest absolute Gasteiger partial charge is 0.165 e. The fraction of sp³-hybridized carbons (Fsp3) is 0.400. The third-order valence-electron chi connectivity index (χ3n) is 3.12. The number of nitrogens with zero attached hydrogens (tertiary/aromatic N) is 2. The molecule has 0 amide bonds. The minimum Gasteiger partial charge on any atom is -0.490 e. The van der Waals surface area contributed by atoms with Crippen LogP contribution in [0, 0.1) is 6.92 Å². The Labute approximate surface area is 141 Å². The van der Waals surface area contributed by atoms with Gasteiger partial charge in [0.2, 0.25) is 0 Å². The summed E-state index contributed by atoms with van der Waals surface area (Å²) in [6.07, 6.45) is 0. The highest BCUT2D eigenvalue weighted by Gasteiger charge is 2.15. The van der Waals surface area contributed by atoms with Crippen LogP contribution in [0.4, 0.5) is 0 Å². The van der Waals surface area contributed by atoms with E-state index in [1.54, 1.807) is 0 Å². The quantitative estimate of drug-likeness (QED) is 0.655. The summed E-state index contributed by atoms with van der Waals surface area (Å²) >= 11 is 7.05. The third kappa shape index (κ3) is 3.61. The van der Waals surface area contributed by atoms with Gasteiger partial charge in [-0.3, -0.25) is 4.68 Å². The van der Waals surface area contributed by atoms with E-state index in [0.29, 0.717) is 13.2 Å². The summed E-state index contributed by atoms with van der Waals surface area (Å²) in [6.45, 7) is 4.97. The lowest BCUT2D eigenvalue weighted by atomic mass is 10.2. The molecule has 21 heavy (non-hydrogen) atoms. The van der Waals surface area contributed by atoms with Gasteiger partial charge in [0.1, 0.15) is 6.61 Å². The first-order chi connectivity index (χ1) is 10.1. The molecule has 0 atom stereocenters. The number of ether oxygens (including phenoxy) is 2. The lowest BCUT2D eigenvalue weighted by Gasteiger charge is -2.15. The van der Waals surface area contributed by atoms with E-state index in [4.69, 9.17) is 9.47 Å². The van der Waals surface area contributed by atoms with E-state index in [-0.39, 0.29) is 0 Å². The Morgan fingerprint density at radius 3 is 2.62 bits per heavy atom. The number of alkyl halides is 1. The molecule has 0 aliphatic carbocycles. The summed E-state index contributed by atoms with van der Waals surface area (Å²) in [5.41, 5.74) is 3.02. The van der Waals surface area contributed by atoms with Crippen LogP contribution < -0.4 is 9.47 Å². The van der Waals surface area contributed by atoms with Crippen molar-refractivity contribution in [1.29, 1.82) is 0 Å². The normalized spacial score (nSPS) is 10.7. The first-order valence-electron chi connectivity index (χ1n) is 6.69. The van der Waals surface area contributed by atoms with Crippen molar-refractivity contribution in [3.63, 3.8) is 0 Å². The van der Waals surface area contributed by atoms with Crippen molar-refractivity contribution in [2.45, 2.75) is 25.8 Å². The topological polar surface area (TPSA) is 36.3 Å². The minimum atomic E-state index is 0.433. The van der Waals surface area contributed by atoms with Gasteiger partial charge in [-0.05, 0) is 35.8 Å². The van der Waals surface area contributed by atoms with Crippen LogP contribution in [-0.4, -0.2) is 16.4 Å². The Morgan fingerprint density at radius 1 is 1.29 bits per heavy atom. The lowest BCUT2D eigenvalue weighted by Crippen LogP contribution is -2.06. The molecule has 2 rings (SSSR count). The number of benzene rings is 1. The van der Waals surface area contributed by atoms with Crippen LogP contribution in [0.3, 0.4) is 0 Å². The molecule has 0 bridgehead atoms. The molecule has 2 aromatic rings. The van der Waals surface area contributed by atoms with Gasteiger partial charge in [0.25, 0.3) is 0 Å². The summed E-state index contributed by atoms with van der Waals surface area (Å²) in [6, 6.07) is 5.92. The number of hydrogen-bond acceptors (Lipinski definition) is 3. The largest absolute Gasteiger partial charge is 0.490 e. The Bertz CT molecular complexity index is 626. The Morgan fingerprint density at radius 2 is 2.05 bits per heavy atom. The molecule has 114 valence electrons. The highest BCUT2D eigenvalue weighted by molar-refractivity contribution is 9.10. The van der Waals surface area contributed by atoms with Gasteiger partial charge in [0.05, 0.1) is 22.5 Å². The van der Waals surface area contributed by atoms with Gasteiger partial charge in [0.15, 0.2) is 11.5 Å². The molecule has 0 spiro atoms. The molecule has 1 aromatic heterocycles. The van der Waals surface area contributed by atoms with Crippen LogP contribution in [0.5, 0.6) is 11.5 Å². The maximum Gasteiger partial charge on any atom is 0.165 e. The van der Waals surface area contributed by atoms with Crippen LogP contribution >= 0.6 is 31.9 Å². The van der Waals surface area contributed by atoms with Crippen molar-refractivity contribution in [2.24, 2.45) is 7.05 Å². The maximum absolute atomic E-state index is 6.03. The molecule has 0 radical (unpaired) electrons. The average molecular weight is 418 g/mol. The number of halogens is 2. The molecule has 0 N–H and O–H groups in total. The van der Waals surface area contributed by atoms with Crippen molar-refractivity contribution >= 4 is 31.9 Å². The molecular weight excluding hydrogens is 400 g/mol. The van der Waals surface area contributed by atoms with Crippen molar-refractivity contribution < 1.29 is 9.47 Å². The molecule has 0 unspecified atom stereocenters. The predicted octanol–water partition coefficient (Wildman–Crippen LogP) is 4.36.